The van der Waals surface area contributed by atoms with Gasteiger partial charge in [-0.25, -0.2) is 9.37 Å². The van der Waals surface area contributed by atoms with E-state index >= 15 is 0 Å². The van der Waals surface area contributed by atoms with E-state index in [1.807, 2.05) is 31.2 Å². The number of benzene rings is 2. The number of thioether (sulfide) groups is 1. The molecule has 0 aliphatic carbocycles. The number of amides is 1. The van der Waals surface area contributed by atoms with Gasteiger partial charge in [-0.15, -0.1) is 21.5 Å². The zero-order valence-corrected chi connectivity index (χ0v) is 20.7. The van der Waals surface area contributed by atoms with Gasteiger partial charge in [-0.3, -0.25) is 4.79 Å². The zero-order valence-electron chi connectivity index (χ0n) is 19.0. The standard InChI is InChI=1S/C26H25FN4OS2/c1-3-4-5-18-6-12-21(13-7-18)29-23(32)16-33-24-15-14-22(30-31-24)25-17(2)28-26(34-25)19-8-10-20(27)11-9-19/h6-15H,3-5,16H2,1-2H3,(H,29,32). The summed E-state index contributed by atoms with van der Waals surface area (Å²) in [4.78, 5) is 17.8. The number of unbranched alkanes of at least 4 members (excludes halogenated alkanes) is 1. The van der Waals surface area contributed by atoms with Crippen LogP contribution in [0.5, 0.6) is 0 Å². The van der Waals surface area contributed by atoms with E-state index in [0.717, 1.165) is 38.9 Å². The Labute approximate surface area is 206 Å². The van der Waals surface area contributed by atoms with Crippen LogP contribution in [-0.2, 0) is 11.2 Å². The first-order valence-electron chi connectivity index (χ1n) is 11.1. The number of aromatic nitrogens is 3. The van der Waals surface area contributed by atoms with Crippen molar-refractivity contribution in [2.24, 2.45) is 0 Å². The summed E-state index contributed by atoms with van der Waals surface area (Å²) in [6, 6.07) is 18.0. The Bertz CT molecular complexity index is 1240. The van der Waals surface area contributed by atoms with Crippen molar-refractivity contribution in [3.63, 3.8) is 0 Å². The minimum absolute atomic E-state index is 0.0839. The highest BCUT2D eigenvalue weighted by Crippen LogP contribution is 2.34. The van der Waals surface area contributed by atoms with Crippen LogP contribution in [0.15, 0.2) is 65.7 Å². The maximum Gasteiger partial charge on any atom is 0.234 e. The molecule has 0 aliphatic heterocycles. The first-order chi connectivity index (χ1) is 16.5. The molecule has 0 atom stereocenters. The van der Waals surface area contributed by atoms with Crippen molar-refractivity contribution in [3.05, 3.63) is 77.7 Å². The number of carbonyl (C=O) groups excluding carboxylic acids is 1. The summed E-state index contributed by atoms with van der Waals surface area (Å²) in [6.07, 6.45) is 3.39. The second-order valence-electron chi connectivity index (χ2n) is 7.83. The lowest BCUT2D eigenvalue weighted by Crippen LogP contribution is -2.14. The monoisotopic (exact) mass is 492 g/mol. The predicted octanol–water partition coefficient (Wildman–Crippen LogP) is 6.79. The van der Waals surface area contributed by atoms with Crippen LogP contribution in [0.4, 0.5) is 10.1 Å². The molecule has 174 valence electrons. The normalized spacial score (nSPS) is 10.9. The number of thiazole rings is 1. The molecule has 0 saturated carbocycles. The topological polar surface area (TPSA) is 67.8 Å². The highest BCUT2D eigenvalue weighted by Gasteiger charge is 2.14. The number of hydrogen-bond acceptors (Lipinski definition) is 6. The number of halogens is 1. The number of nitrogens with zero attached hydrogens (tertiary/aromatic N) is 3. The summed E-state index contributed by atoms with van der Waals surface area (Å²) in [5.74, 6) is -0.107. The number of carbonyl (C=O) groups is 1. The lowest BCUT2D eigenvalue weighted by atomic mass is 10.1. The number of anilines is 1. The van der Waals surface area contributed by atoms with Gasteiger partial charge in [0.15, 0.2) is 0 Å². The van der Waals surface area contributed by atoms with E-state index in [1.54, 1.807) is 12.1 Å². The number of hydrogen-bond donors (Lipinski definition) is 1. The molecule has 2 aromatic carbocycles. The van der Waals surface area contributed by atoms with Gasteiger partial charge < -0.3 is 5.32 Å². The van der Waals surface area contributed by atoms with E-state index in [2.05, 4.69) is 39.6 Å². The van der Waals surface area contributed by atoms with E-state index < -0.39 is 0 Å². The van der Waals surface area contributed by atoms with Crippen molar-refractivity contribution in [1.82, 2.24) is 15.2 Å². The summed E-state index contributed by atoms with van der Waals surface area (Å²) in [7, 11) is 0. The van der Waals surface area contributed by atoms with Crippen LogP contribution in [0.3, 0.4) is 0 Å². The fourth-order valence-corrected chi connectivity index (χ4v) is 4.99. The molecule has 5 nitrogen and oxygen atoms in total. The first-order valence-corrected chi connectivity index (χ1v) is 12.9. The Kier molecular flexibility index (Phi) is 8.03. The Hall–Kier alpha value is -3.10. The van der Waals surface area contributed by atoms with Crippen molar-refractivity contribution in [3.8, 4) is 21.1 Å². The Morgan fingerprint density at radius 1 is 1.03 bits per heavy atom. The molecule has 4 aromatic rings. The third-order valence-corrected chi connectivity index (χ3v) is 7.32. The Morgan fingerprint density at radius 3 is 2.47 bits per heavy atom. The van der Waals surface area contributed by atoms with Gasteiger partial charge in [0.25, 0.3) is 0 Å². The van der Waals surface area contributed by atoms with Crippen molar-refractivity contribution in [2.75, 3.05) is 11.1 Å². The molecule has 1 amide bonds. The second kappa shape index (κ2) is 11.4. The van der Waals surface area contributed by atoms with Gasteiger partial charge >= 0.3 is 0 Å². The van der Waals surface area contributed by atoms with Gasteiger partial charge in [-0.2, -0.15) is 0 Å². The van der Waals surface area contributed by atoms with Crippen LogP contribution in [0, 0.1) is 12.7 Å². The molecule has 0 spiro atoms. The summed E-state index contributed by atoms with van der Waals surface area (Å²) in [5.41, 5.74) is 4.51. The molecule has 0 radical (unpaired) electrons. The molecule has 34 heavy (non-hydrogen) atoms. The molecular formula is C26H25FN4OS2. The quantitative estimate of drug-likeness (QED) is 0.261. The van der Waals surface area contributed by atoms with Gasteiger partial charge in [0.1, 0.15) is 21.5 Å². The zero-order chi connectivity index (χ0) is 23.9. The maximum atomic E-state index is 13.2. The summed E-state index contributed by atoms with van der Waals surface area (Å²) in [6.45, 7) is 4.10. The van der Waals surface area contributed by atoms with Crippen LogP contribution < -0.4 is 5.32 Å². The van der Waals surface area contributed by atoms with Crippen LogP contribution in [0.2, 0.25) is 0 Å². The molecule has 1 N–H and O–H groups in total. The lowest BCUT2D eigenvalue weighted by Gasteiger charge is -2.06. The summed E-state index contributed by atoms with van der Waals surface area (Å²) in [5, 5.41) is 13.0. The molecule has 8 heteroatoms. The SMILES string of the molecule is CCCCc1ccc(NC(=O)CSc2ccc(-c3sc(-c4ccc(F)cc4)nc3C)nn2)cc1. The van der Waals surface area contributed by atoms with E-state index in [0.29, 0.717) is 5.03 Å². The maximum absolute atomic E-state index is 13.2. The van der Waals surface area contributed by atoms with E-state index in [4.69, 9.17) is 0 Å². The van der Waals surface area contributed by atoms with E-state index in [-0.39, 0.29) is 17.5 Å². The highest BCUT2D eigenvalue weighted by molar-refractivity contribution is 7.99. The highest BCUT2D eigenvalue weighted by atomic mass is 32.2. The number of nitrogens with one attached hydrogen (secondary N) is 1. The van der Waals surface area contributed by atoms with Crippen LogP contribution >= 0.6 is 23.1 Å². The average Bonchev–Trinajstić information content (AvgIpc) is 3.24. The van der Waals surface area contributed by atoms with Gasteiger partial charge in [0, 0.05) is 11.3 Å². The van der Waals surface area contributed by atoms with E-state index in [1.165, 1.54) is 53.6 Å². The van der Waals surface area contributed by atoms with Crippen LogP contribution in [0.25, 0.3) is 21.1 Å². The Balaban J connectivity index is 1.33. The number of rotatable bonds is 9. The molecule has 4 rings (SSSR count). The smallest absolute Gasteiger partial charge is 0.234 e. The van der Waals surface area contributed by atoms with Gasteiger partial charge in [-0.1, -0.05) is 37.2 Å². The van der Waals surface area contributed by atoms with Crippen molar-refractivity contribution in [1.29, 1.82) is 0 Å². The third kappa shape index (κ3) is 6.27. The van der Waals surface area contributed by atoms with Gasteiger partial charge in [0.05, 0.1) is 16.3 Å². The molecule has 2 heterocycles. The van der Waals surface area contributed by atoms with E-state index in [9.17, 15) is 9.18 Å². The molecule has 0 aliphatic rings. The lowest BCUT2D eigenvalue weighted by molar-refractivity contribution is -0.113. The summed E-state index contributed by atoms with van der Waals surface area (Å²) >= 11 is 2.84. The van der Waals surface area contributed by atoms with Crippen molar-refractivity contribution >= 4 is 34.7 Å². The molecule has 0 fully saturated rings. The minimum atomic E-state index is -0.273. The van der Waals surface area contributed by atoms with Gasteiger partial charge in [0.2, 0.25) is 5.91 Å². The molecule has 0 unspecified atom stereocenters. The predicted molar refractivity (Wildman–Crippen MR) is 138 cm³/mol. The summed E-state index contributed by atoms with van der Waals surface area (Å²) < 4.78 is 13.2. The Morgan fingerprint density at radius 2 is 1.79 bits per heavy atom. The van der Waals surface area contributed by atoms with Gasteiger partial charge in [-0.05, 0) is 73.9 Å². The minimum Gasteiger partial charge on any atom is -0.325 e. The largest absolute Gasteiger partial charge is 0.325 e. The fourth-order valence-electron chi connectivity index (χ4n) is 3.34. The number of aryl methyl sites for hydroxylation is 2. The first kappa shape index (κ1) is 24.0. The van der Waals surface area contributed by atoms with Crippen LogP contribution in [-0.4, -0.2) is 26.8 Å². The average molecular weight is 493 g/mol. The van der Waals surface area contributed by atoms with Crippen molar-refractivity contribution in [2.45, 2.75) is 38.1 Å². The molecule has 0 bridgehead atoms. The molecule has 2 aromatic heterocycles. The molecular weight excluding hydrogens is 467 g/mol. The van der Waals surface area contributed by atoms with Crippen molar-refractivity contribution < 1.29 is 9.18 Å². The third-order valence-electron chi connectivity index (χ3n) is 5.17. The fraction of sp³-hybridized carbons (Fsp3) is 0.231. The van der Waals surface area contributed by atoms with Crippen LogP contribution in [0.1, 0.15) is 31.0 Å². The molecule has 0 saturated heterocycles. The second-order valence-corrected chi connectivity index (χ2v) is 9.83.